The summed E-state index contributed by atoms with van der Waals surface area (Å²) in [5.41, 5.74) is 2.21. The minimum Gasteiger partial charge on any atom is -0.497 e. The fourth-order valence-corrected chi connectivity index (χ4v) is 2.87. The van der Waals surface area contributed by atoms with E-state index in [1.165, 1.54) is 0 Å². The summed E-state index contributed by atoms with van der Waals surface area (Å²) in [6, 6.07) is 14.5. The molecule has 0 spiro atoms. The first-order valence-corrected chi connectivity index (χ1v) is 8.40. The molecule has 0 radical (unpaired) electrons. The van der Waals surface area contributed by atoms with Gasteiger partial charge in [-0.05, 0) is 29.3 Å². The molecule has 1 aliphatic heterocycles. The first kappa shape index (κ1) is 17.7. The number of carbonyl (C=O) groups excluding carboxylic acids is 3. The van der Waals surface area contributed by atoms with Crippen LogP contribution in [0.2, 0.25) is 0 Å². The highest BCUT2D eigenvalue weighted by molar-refractivity contribution is 6.09. The maximum absolute atomic E-state index is 12.4. The molecule has 1 N–H and O–H groups in total. The van der Waals surface area contributed by atoms with Crippen molar-refractivity contribution in [2.45, 2.75) is 19.4 Å². The van der Waals surface area contributed by atoms with E-state index in [0.29, 0.717) is 12.1 Å². The average Bonchev–Trinajstić information content (AvgIpc) is 2.66. The lowest BCUT2D eigenvalue weighted by Gasteiger charge is -2.26. The van der Waals surface area contributed by atoms with Crippen LogP contribution in [0.15, 0.2) is 48.5 Å². The first-order chi connectivity index (χ1) is 12.6. The molecular formula is C20H20N2O4. The molecule has 2 aromatic carbocycles. The van der Waals surface area contributed by atoms with Gasteiger partial charge in [0.2, 0.25) is 11.8 Å². The Labute approximate surface area is 151 Å². The average molecular weight is 352 g/mol. The first-order valence-electron chi connectivity index (χ1n) is 8.40. The van der Waals surface area contributed by atoms with Crippen LogP contribution in [0.3, 0.4) is 0 Å². The Morgan fingerprint density at radius 3 is 2.58 bits per heavy atom. The van der Waals surface area contributed by atoms with Crippen molar-refractivity contribution in [3.63, 3.8) is 0 Å². The number of nitrogens with one attached hydrogen (secondary N) is 1. The van der Waals surface area contributed by atoms with Crippen LogP contribution in [0.4, 0.5) is 0 Å². The van der Waals surface area contributed by atoms with Gasteiger partial charge in [-0.3, -0.25) is 19.3 Å². The van der Waals surface area contributed by atoms with E-state index in [2.05, 4.69) is 5.32 Å². The molecule has 3 rings (SSSR count). The van der Waals surface area contributed by atoms with E-state index in [9.17, 15) is 14.4 Å². The van der Waals surface area contributed by atoms with Gasteiger partial charge < -0.3 is 10.1 Å². The van der Waals surface area contributed by atoms with Gasteiger partial charge in [-0.2, -0.15) is 0 Å². The maximum atomic E-state index is 12.4. The number of carbonyl (C=O) groups is 3. The molecule has 26 heavy (non-hydrogen) atoms. The lowest BCUT2D eigenvalue weighted by Crippen LogP contribution is -2.44. The number of methoxy groups -OCH3 is 1. The van der Waals surface area contributed by atoms with Gasteiger partial charge in [0.25, 0.3) is 5.91 Å². The largest absolute Gasteiger partial charge is 0.497 e. The van der Waals surface area contributed by atoms with E-state index in [1.54, 1.807) is 25.3 Å². The predicted octanol–water partition coefficient (Wildman–Crippen LogP) is 1.93. The Balaban J connectivity index is 1.52. The molecule has 0 atom stereocenters. The number of fused-ring (bicyclic) bond motifs is 1. The molecule has 6 heteroatoms. The van der Waals surface area contributed by atoms with Crippen LogP contribution in [0, 0.1) is 0 Å². The summed E-state index contributed by atoms with van der Waals surface area (Å²) in [6.07, 6.45) is 0.269. The SMILES string of the molecule is COc1ccc(CNC(=O)CCN2C(=O)Cc3ccccc3C2=O)cc1. The maximum Gasteiger partial charge on any atom is 0.260 e. The minimum atomic E-state index is -0.334. The van der Waals surface area contributed by atoms with Crippen molar-refractivity contribution in [3.8, 4) is 5.75 Å². The van der Waals surface area contributed by atoms with Crippen LogP contribution in [0.1, 0.15) is 27.9 Å². The second kappa shape index (κ2) is 7.82. The van der Waals surface area contributed by atoms with Crippen LogP contribution in [0.5, 0.6) is 5.75 Å². The lowest BCUT2D eigenvalue weighted by atomic mass is 9.98. The Hall–Kier alpha value is -3.15. The molecule has 2 aromatic rings. The molecule has 1 heterocycles. The van der Waals surface area contributed by atoms with Gasteiger partial charge >= 0.3 is 0 Å². The predicted molar refractivity (Wildman–Crippen MR) is 95.6 cm³/mol. The Kier molecular flexibility index (Phi) is 5.31. The number of imide groups is 1. The van der Waals surface area contributed by atoms with Crippen molar-refractivity contribution in [3.05, 3.63) is 65.2 Å². The highest BCUT2D eigenvalue weighted by Gasteiger charge is 2.30. The number of benzene rings is 2. The van der Waals surface area contributed by atoms with Crippen LogP contribution in [-0.2, 0) is 22.6 Å². The van der Waals surface area contributed by atoms with Gasteiger partial charge in [0.1, 0.15) is 5.75 Å². The van der Waals surface area contributed by atoms with E-state index in [1.807, 2.05) is 30.3 Å². The third-order valence-electron chi connectivity index (χ3n) is 4.35. The molecule has 0 saturated heterocycles. The number of hydrogen-bond acceptors (Lipinski definition) is 4. The molecule has 6 nitrogen and oxygen atoms in total. The van der Waals surface area contributed by atoms with Gasteiger partial charge in [-0.15, -0.1) is 0 Å². The zero-order valence-corrected chi connectivity index (χ0v) is 14.5. The zero-order valence-electron chi connectivity index (χ0n) is 14.5. The molecule has 0 unspecified atom stereocenters. The third kappa shape index (κ3) is 3.91. The van der Waals surface area contributed by atoms with Gasteiger partial charge in [0.15, 0.2) is 0 Å². The molecule has 0 aromatic heterocycles. The molecule has 0 fully saturated rings. The molecular weight excluding hydrogens is 332 g/mol. The molecule has 0 bridgehead atoms. The minimum absolute atomic E-state index is 0.0792. The second-order valence-electron chi connectivity index (χ2n) is 6.06. The fourth-order valence-electron chi connectivity index (χ4n) is 2.87. The standard InChI is InChI=1S/C20H20N2O4/c1-26-16-8-6-14(7-9-16)13-21-18(23)10-11-22-19(24)12-15-4-2-3-5-17(15)20(22)25/h2-9H,10-13H2,1H3,(H,21,23). The number of hydrogen-bond donors (Lipinski definition) is 1. The third-order valence-corrected chi connectivity index (χ3v) is 4.35. The van der Waals surface area contributed by atoms with Crippen molar-refractivity contribution < 1.29 is 19.1 Å². The number of amides is 3. The normalized spacial score (nSPS) is 13.3. The van der Waals surface area contributed by atoms with Gasteiger partial charge in [0, 0.05) is 25.1 Å². The second-order valence-corrected chi connectivity index (χ2v) is 6.06. The molecule has 0 saturated carbocycles. The van der Waals surface area contributed by atoms with E-state index in [-0.39, 0.29) is 37.1 Å². The summed E-state index contributed by atoms with van der Waals surface area (Å²) in [5, 5.41) is 2.80. The number of rotatable bonds is 6. The highest BCUT2D eigenvalue weighted by atomic mass is 16.5. The topological polar surface area (TPSA) is 75.7 Å². The van der Waals surface area contributed by atoms with Crippen LogP contribution in [0.25, 0.3) is 0 Å². The molecule has 1 aliphatic rings. The molecule has 134 valence electrons. The van der Waals surface area contributed by atoms with Gasteiger partial charge in [0.05, 0.1) is 13.5 Å². The Bertz CT molecular complexity index is 830. The highest BCUT2D eigenvalue weighted by Crippen LogP contribution is 2.19. The van der Waals surface area contributed by atoms with Crippen molar-refractivity contribution in [1.29, 1.82) is 0 Å². The van der Waals surface area contributed by atoms with E-state index in [4.69, 9.17) is 4.74 Å². The van der Waals surface area contributed by atoms with Gasteiger partial charge in [-0.1, -0.05) is 30.3 Å². The molecule has 0 aliphatic carbocycles. The van der Waals surface area contributed by atoms with E-state index < -0.39 is 0 Å². The van der Waals surface area contributed by atoms with E-state index >= 15 is 0 Å². The quantitative estimate of drug-likeness (QED) is 0.806. The summed E-state index contributed by atoms with van der Waals surface area (Å²) < 4.78 is 5.09. The summed E-state index contributed by atoms with van der Waals surface area (Å²) in [5.74, 6) is -0.0563. The lowest BCUT2D eigenvalue weighted by molar-refractivity contribution is -0.129. The van der Waals surface area contributed by atoms with Crippen LogP contribution >= 0.6 is 0 Å². The van der Waals surface area contributed by atoms with Crippen molar-refractivity contribution >= 4 is 17.7 Å². The number of ether oxygens (including phenoxy) is 1. The van der Waals surface area contributed by atoms with Crippen LogP contribution < -0.4 is 10.1 Å². The smallest absolute Gasteiger partial charge is 0.260 e. The monoisotopic (exact) mass is 352 g/mol. The van der Waals surface area contributed by atoms with Crippen molar-refractivity contribution in [2.75, 3.05) is 13.7 Å². The number of nitrogens with zero attached hydrogens (tertiary/aromatic N) is 1. The van der Waals surface area contributed by atoms with E-state index in [0.717, 1.165) is 21.8 Å². The molecule has 3 amide bonds. The fraction of sp³-hybridized carbons (Fsp3) is 0.250. The van der Waals surface area contributed by atoms with Crippen molar-refractivity contribution in [1.82, 2.24) is 10.2 Å². The van der Waals surface area contributed by atoms with Gasteiger partial charge in [-0.25, -0.2) is 0 Å². The summed E-state index contributed by atoms with van der Waals surface area (Å²) >= 11 is 0. The summed E-state index contributed by atoms with van der Waals surface area (Å²) in [7, 11) is 1.60. The summed E-state index contributed by atoms with van der Waals surface area (Å²) in [4.78, 5) is 37.8. The summed E-state index contributed by atoms with van der Waals surface area (Å²) in [6.45, 7) is 0.466. The van der Waals surface area contributed by atoms with Crippen molar-refractivity contribution in [2.24, 2.45) is 0 Å². The Morgan fingerprint density at radius 1 is 1.12 bits per heavy atom. The van der Waals surface area contributed by atoms with Crippen LogP contribution in [-0.4, -0.2) is 36.3 Å². The zero-order chi connectivity index (χ0) is 18.5. The Morgan fingerprint density at radius 2 is 1.85 bits per heavy atom.